The summed E-state index contributed by atoms with van der Waals surface area (Å²) in [6.45, 7) is 10.7. The van der Waals surface area contributed by atoms with Crippen molar-refractivity contribution in [2.24, 2.45) is 0 Å². The van der Waals surface area contributed by atoms with Gasteiger partial charge < -0.3 is 5.32 Å². The van der Waals surface area contributed by atoms with Crippen LogP contribution in [0.4, 0.5) is 0 Å². The maximum atomic E-state index is 4.52. The van der Waals surface area contributed by atoms with E-state index in [-0.39, 0.29) is 0 Å². The van der Waals surface area contributed by atoms with E-state index in [9.17, 15) is 0 Å². The highest BCUT2D eigenvalue weighted by Gasteiger charge is 2.08. The summed E-state index contributed by atoms with van der Waals surface area (Å²) in [7, 11) is 0. The Balaban J connectivity index is 2.16. The second-order valence-corrected chi connectivity index (χ2v) is 5.59. The van der Waals surface area contributed by atoms with Crippen molar-refractivity contribution in [3.05, 3.63) is 47.3 Å². The summed E-state index contributed by atoms with van der Waals surface area (Å²) in [5.74, 6) is 0.566. The molecule has 0 fully saturated rings. The molecule has 0 aliphatic heterocycles. The molecular weight excluding hydrogens is 246 g/mol. The first kappa shape index (κ1) is 14.8. The quantitative estimate of drug-likeness (QED) is 0.810. The molecule has 0 saturated carbocycles. The van der Waals surface area contributed by atoms with E-state index in [4.69, 9.17) is 0 Å². The fourth-order valence-electron chi connectivity index (χ4n) is 2.28. The first-order valence-electron chi connectivity index (χ1n) is 7.48. The molecule has 1 aromatic carbocycles. The van der Waals surface area contributed by atoms with Crippen molar-refractivity contribution in [1.29, 1.82) is 0 Å². The molecule has 2 rings (SSSR count). The van der Waals surface area contributed by atoms with Crippen molar-refractivity contribution in [2.45, 2.75) is 46.6 Å². The van der Waals surface area contributed by atoms with E-state index >= 15 is 0 Å². The molecule has 0 aliphatic carbocycles. The highest BCUT2D eigenvalue weighted by atomic mass is 15.3. The first-order valence-corrected chi connectivity index (χ1v) is 7.48. The molecule has 1 heterocycles. The molecule has 3 nitrogen and oxygen atoms in total. The van der Waals surface area contributed by atoms with Crippen LogP contribution in [0, 0.1) is 6.92 Å². The average molecular weight is 271 g/mol. The standard InChI is InChI=1S/C17H25N3/c1-5-10-18-11-16-12-19-20(14(16)4)17-8-6-15(7-9-17)13(2)3/h6-9,12-13,18H,5,10-11H2,1-4H3. The van der Waals surface area contributed by atoms with Gasteiger partial charge in [0.05, 0.1) is 11.9 Å². The van der Waals surface area contributed by atoms with Crippen molar-refractivity contribution in [2.75, 3.05) is 6.54 Å². The van der Waals surface area contributed by atoms with Gasteiger partial charge in [-0.1, -0.05) is 32.9 Å². The van der Waals surface area contributed by atoms with Crippen LogP contribution < -0.4 is 5.32 Å². The largest absolute Gasteiger partial charge is 0.313 e. The SMILES string of the molecule is CCCNCc1cnn(-c2ccc(C(C)C)cc2)c1C. The van der Waals surface area contributed by atoms with Crippen LogP contribution in [0.2, 0.25) is 0 Å². The van der Waals surface area contributed by atoms with Gasteiger partial charge in [-0.15, -0.1) is 0 Å². The number of aromatic nitrogens is 2. The van der Waals surface area contributed by atoms with Gasteiger partial charge in [0.2, 0.25) is 0 Å². The lowest BCUT2D eigenvalue weighted by Gasteiger charge is -2.09. The Hall–Kier alpha value is -1.61. The lowest BCUT2D eigenvalue weighted by molar-refractivity contribution is 0.672. The van der Waals surface area contributed by atoms with Crippen molar-refractivity contribution < 1.29 is 0 Å². The van der Waals surface area contributed by atoms with Crippen molar-refractivity contribution in [1.82, 2.24) is 15.1 Å². The molecule has 0 radical (unpaired) electrons. The van der Waals surface area contributed by atoms with E-state index in [0.717, 1.165) is 25.2 Å². The molecule has 3 heteroatoms. The Bertz CT molecular complexity index is 538. The van der Waals surface area contributed by atoms with E-state index in [1.165, 1.54) is 16.8 Å². The average Bonchev–Trinajstić information content (AvgIpc) is 2.81. The summed E-state index contributed by atoms with van der Waals surface area (Å²) in [6.07, 6.45) is 3.12. The fourth-order valence-corrected chi connectivity index (χ4v) is 2.28. The molecule has 20 heavy (non-hydrogen) atoms. The van der Waals surface area contributed by atoms with E-state index in [0.29, 0.717) is 5.92 Å². The fraction of sp³-hybridized carbons (Fsp3) is 0.471. The number of nitrogens with zero attached hydrogens (tertiary/aromatic N) is 2. The van der Waals surface area contributed by atoms with E-state index < -0.39 is 0 Å². The molecule has 0 bridgehead atoms. The van der Waals surface area contributed by atoms with Crippen LogP contribution in [-0.2, 0) is 6.54 Å². The monoisotopic (exact) mass is 271 g/mol. The Morgan fingerprint density at radius 2 is 1.90 bits per heavy atom. The maximum Gasteiger partial charge on any atom is 0.0648 e. The van der Waals surface area contributed by atoms with E-state index in [2.05, 4.69) is 62.4 Å². The Labute approximate surface area is 122 Å². The molecule has 0 atom stereocenters. The Kier molecular flexibility index (Phi) is 4.96. The number of nitrogens with one attached hydrogen (secondary N) is 1. The van der Waals surface area contributed by atoms with E-state index in [1.54, 1.807) is 0 Å². The third-order valence-corrected chi connectivity index (χ3v) is 3.66. The number of benzene rings is 1. The van der Waals surface area contributed by atoms with Crippen LogP contribution in [0.5, 0.6) is 0 Å². The molecule has 1 N–H and O–H groups in total. The molecule has 0 saturated heterocycles. The van der Waals surface area contributed by atoms with Gasteiger partial charge in [-0.25, -0.2) is 4.68 Å². The lowest BCUT2D eigenvalue weighted by Crippen LogP contribution is -2.14. The van der Waals surface area contributed by atoms with Crippen molar-refractivity contribution >= 4 is 0 Å². The van der Waals surface area contributed by atoms with Crippen LogP contribution in [0.1, 0.15) is 49.9 Å². The molecule has 108 valence electrons. The zero-order valence-corrected chi connectivity index (χ0v) is 13.0. The van der Waals surface area contributed by atoms with Gasteiger partial charge in [0.15, 0.2) is 0 Å². The first-order chi connectivity index (χ1) is 9.63. The topological polar surface area (TPSA) is 29.9 Å². The predicted molar refractivity (Wildman–Crippen MR) is 84.4 cm³/mol. The minimum absolute atomic E-state index is 0.566. The number of hydrogen-bond acceptors (Lipinski definition) is 2. The van der Waals surface area contributed by atoms with Gasteiger partial charge in [-0.3, -0.25) is 0 Å². The van der Waals surface area contributed by atoms with Gasteiger partial charge in [0, 0.05) is 17.8 Å². The van der Waals surface area contributed by atoms with Gasteiger partial charge in [-0.05, 0) is 43.5 Å². The number of rotatable bonds is 6. The Morgan fingerprint density at radius 1 is 1.20 bits per heavy atom. The molecule has 0 unspecified atom stereocenters. The number of hydrogen-bond donors (Lipinski definition) is 1. The second kappa shape index (κ2) is 6.71. The smallest absolute Gasteiger partial charge is 0.0648 e. The summed E-state index contributed by atoms with van der Waals surface area (Å²) in [4.78, 5) is 0. The van der Waals surface area contributed by atoms with Gasteiger partial charge in [0.1, 0.15) is 0 Å². The van der Waals surface area contributed by atoms with Crippen LogP contribution in [-0.4, -0.2) is 16.3 Å². The third kappa shape index (κ3) is 3.28. The molecule has 0 amide bonds. The van der Waals surface area contributed by atoms with Gasteiger partial charge in [0.25, 0.3) is 0 Å². The predicted octanol–water partition coefficient (Wildman–Crippen LogP) is 3.80. The molecule has 1 aromatic heterocycles. The summed E-state index contributed by atoms with van der Waals surface area (Å²) in [5, 5.41) is 7.94. The summed E-state index contributed by atoms with van der Waals surface area (Å²) in [6, 6.07) is 8.68. The molecule has 0 aliphatic rings. The second-order valence-electron chi connectivity index (χ2n) is 5.59. The van der Waals surface area contributed by atoms with Gasteiger partial charge >= 0.3 is 0 Å². The minimum atomic E-state index is 0.566. The summed E-state index contributed by atoms with van der Waals surface area (Å²) < 4.78 is 2.02. The summed E-state index contributed by atoms with van der Waals surface area (Å²) in [5.41, 5.74) is 4.98. The van der Waals surface area contributed by atoms with Crippen molar-refractivity contribution in [3.63, 3.8) is 0 Å². The Morgan fingerprint density at radius 3 is 2.50 bits per heavy atom. The molecular formula is C17H25N3. The minimum Gasteiger partial charge on any atom is -0.313 e. The third-order valence-electron chi connectivity index (χ3n) is 3.66. The maximum absolute atomic E-state index is 4.52. The highest BCUT2D eigenvalue weighted by Crippen LogP contribution is 2.18. The van der Waals surface area contributed by atoms with E-state index in [1.807, 2.05) is 10.9 Å². The normalized spacial score (nSPS) is 11.2. The summed E-state index contributed by atoms with van der Waals surface area (Å²) >= 11 is 0. The zero-order chi connectivity index (χ0) is 14.5. The molecule has 2 aromatic rings. The molecule has 0 spiro atoms. The van der Waals surface area contributed by atoms with Crippen LogP contribution in [0.3, 0.4) is 0 Å². The van der Waals surface area contributed by atoms with Crippen LogP contribution in [0.15, 0.2) is 30.5 Å². The lowest BCUT2D eigenvalue weighted by atomic mass is 10.0. The zero-order valence-electron chi connectivity index (χ0n) is 13.0. The van der Waals surface area contributed by atoms with Crippen LogP contribution >= 0.6 is 0 Å². The van der Waals surface area contributed by atoms with Crippen LogP contribution in [0.25, 0.3) is 5.69 Å². The highest BCUT2D eigenvalue weighted by molar-refractivity contribution is 5.37. The van der Waals surface area contributed by atoms with Crippen molar-refractivity contribution in [3.8, 4) is 5.69 Å². The van der Waals surface area contributed by atoms with Gasteiger partial charge in [-0.2, -0.15) is 5.10 Å².